The number of aryl methyl sites for hydroxylation is 2. The van der Waals surface area contributed by atoms with Crippen molar-refractivity contribution < 1.29 is 0 Å². The standard InChI is InChI=1S/C11H20N4/c1-9-8-11(14-10(2)13-9)15(4)7-5-6-12-3/h8,12H,5-7H2,1-4H3. The first kappa shape index (κ1) is 11.9. The number of hydrogen-bond donors (Lipinski definition) is 1. The van der Waals surface area contributed by atoms with E-state index in [1.807, 2.05) is 27.0 Å². The fourth-order valence-electron chi connectivity index (χ4n) is 1.50. The van der Waals surface area contributed by atoms with Crippen molar-refractivity contribution in [3.8, 4) is 0 Å². The van der Waals surface area contributed by atoms with Crippen LogP contribution in [0.3, 0.4) is 0 Å². The summed E-state index contributed by atoms with van der Waals surface area (Å²) in [5, 5.41) is 3.14. The predicted octanol–water partition coefficient (Wildman–Crippen LogP) is 1.14. The van der Waals surface area contributed by atoms with E-state index in [-0.39, 0.29) is 0 Å². The number of nitrogens with zero attached hydrogens (tertiary/aromatic N) is 3. The molecule has 0 saturated carbocycles. The van der Waals surface area contributed by atoms with Crippen molar-refractivity contribution in [2.75, 3.05) is 32.1 Å². The first-order chi connectivity index (χ1) is 7.13. The first-order valence-corrected chi connectivity index (χ1v) is 5.31. The third kappa shape index (κ3) is 3.83. The molecule has 0 bridgehead atoms. The molecule has 0 unspecified atom stereocenters. The minimum Gasteiger partial charge on any atom is -0.360 e. The Hall–Kier alpha value is -1.16. The van der Waals surface area contributed by atoms with E-state index in [2.05, 4.69) is 27.2 Å². The van der Waals surface area contributed by atoms with Crippen LogP contribution in [-0.4, -0.2) is 37.2 Å². The van der Waals surface area contributed by atoms with Crippen molar-refractivity contribution in [1.82, 2.24) is 15.3 Å². The van der Waals surface area contributed by atoms with Gasteiger partial charge in [-0.1, -0.05) is 0 Å². The van der Waals surface area contributed by atoms with Gasteiger partial charge < -0.3 is 10.2 Å². The van der Waals surface area contributed by atoms with Gasteiger partial charge in [-0.2, -0.15) is 0 Å². The lowest BCUT2D eigenvalue weighted by molar-refractivity contribution is 0.707. The predicted molar refractivity (Wildman–Crippen MR) is 63.3 cm³/mol. The van der Waals surface area contributed by atoms with E-state index < -0.39 is 0 Å². The fraction of sp³-hybridized carbons (Fsp3) is 0.636. The minimum atomic E-state index is 0.838. The normalized spacial score (nSPS) is 10.4. The summed E-state index contributed by atoms with van der Waals surface area (Å²) in [6.07, 6.45) is 1.12. The average Bonchev–Trinajstić information content (AvgIpc) is 2.16. The Morgan fingerprint density at radius 2 is 2.07 bits per heavy atom. The molecule has 1 heterocycles. The molecule has 1 N–H and O–H groups in total. The molecule has 1 rings (SSSR count). The Morgan fingerprint density at radius 1 is 1.33 bits per heavy atom. The quantitative estimate of drug-likeness (QED) is 0.737. The van der Waals surface area contributed by atoms with Crippen LogP contribution in [-0.2, 0) is 0 Å². The van der Waals surface area contributed by atoms with Crippen LogP contribution in [0.25, 0.3) is 0 Å². The van der Waals surface area contributed by atoms with Gasteiger partial charge in [-0.15, -0.1) is 0 Å². The third-order valence-corrected chi connectivity index (χ3v) is 2.26. The van der Waals surface area contributed by atoms with Gasteiger partial charge in [0.15, 0.2) is 0 Å². The van der Waals surface area contributed by atoms with Crippen LogP contribution in [0.15, 0.2) is 6.07 Å². The maximum absolute atomic E-state index is 4.41. The summed E-state index contributed by atoms with van der Waals surface area (Å²) in [5.41, 5.74) is 1.03. The van der Waals surface area contributed by atoms with E-state index in [0.717, 1.165) is 36.8 Å². The minimum absolute atomic E-state index is 0.838. The van der Waals surface area contributed by atoms with Gasteiger partial charge in [0.1, 0.15) is 11.6 Å². The Labute approximate surface area is 91.7 Å². The SMILES string of the molecule is CNCCCN(C)c1cc(C)nc(C)n1. The van der Waals surface area contributed by atoms with Crippen molar-refractivity contribution in [2.24, 2.45) is 0 Å². The van der Waals surface area contributed by atoms with E-state index in [1.54, 1.807) is 0 Å². The monoisotopic (exact) mass is 208 g/mol. The van der Waals surface area contributed by atoms with Gasteiger partial charge >= 0.3 is 0 Å². The summed E-state index contributed by atoms with van der Waals surface area (Å²) < 4.78 is 0. The molecule has 4 heteroatoms. The van der Waals surface area contributed by atoms with E-state index in [1.165, 1.54) is 0 Å². The highest BCUT2D eigenvalue weighted by Gasteiger charge is 2.03. The molecule has 0 aromatic carbocycles. The second-order valence-electron chi connectivity index (χ2n) is 3.79. The number of aromatic nitrogens is 2. The first-order valence-electron chi connectivity index (χ1n) is 5.31. The van der Waals surface area contributed by atoms with Gasteiger partial charge in [0.2, 0.25) is 0 Å². The largest absolute Gasteiger partial charge is 0.360 e. The zero-order valence-electron chi connectivity index (χ0n) is 10.0. The summed E-state index contributed by atoms with van der Waals surface area (Å²) in [6, 6.07) is 2.02. The molecular weight excluding hydrogens is 188 g/mol. The van der Waals surface area contributed by atoms with Crippen molar-refractivity contribution in [1.29, 1.82) is 0 Å². The Morgan fingerprint density at radius 3 is 2.67 bits per heavy atom. The van der Waals surface area contributed by atoms with Crippen LogP contribution in [0.4, 0.5) is 5.82 Å². The topological polar surface area (TPSA) is 41.0 Å². The van der Waals surface area contributed by atoms with Crippen molar-refractivity contribution >= 4 is 5.82 Å². The Kier molecular flexibility index (Phi) is 4.49. The van der Waals surface area contributed by atoms with Gasteiger partial charge in [-0.3, -0.25) is 0 Å². The van der Waals surface area contributed by atoms with Crippen molar-refractivity contribution in [2.45, 2.75) is 20.3 Å². The van der Waals surface area contributed by atoms with Crippen molar-refractivity contribution in [3.05, 3.63) is 17.6 Å². The van der Waals surface area contributed by atoms with E-state index >= 15 is 0 Å². The number of hydrogen-bond acceptors (Lipinski definition) is 4. The highest BCUT2D eigenvalue weighted by Crippen LogP contribution is 2.10. The van der Waals surface area contributed by atoms with E-state index in [9.17, 15) is 0 Å². The molecule has 4 nitrogen and oxygen atoms in total. The van der Waals surface area contributed by atoms with Gasteiger partial charge in [-0.25, -0.2) is 9.97 Å². The van der Waals surface area contributed by atoms with Crippen LogP contribution in [0.1, 0.15) is 17.9 Å². The van der Waals surface area contributed by atoms with Crippen LogP contribution in [0.2, 0.25) is 0 Å². The Balaban J connectivity index is 2.60. The zero-order valence-corrected chi connectivity index (χ0v) is 10.0. The van der Waals surface area contributed by atoms with Gasteiger partial charge in [0, 0.05) is 25.4 Å². The van der Waals surface area contributed by atoms with Gasteiger partial charge in [0.05, 0.1) is 0 Å². The smallest absolute Gasteiger partial charge is 0.132 e. The number of rotatable bonds is 5. The van der Waals surface area contributed by atoms with E-state index in [0.29, 0.717) is 0 Å². The molecular formula is C11H20N4. The molecule has 1 aromatic heterocycles. The lowest BCUT2D eigenvalue weighted by atomic mass is 10.3. The molecule has 0 radical (unpaired) electrons. The summed E-state index contributed by atoms with van der Waals surface area (Å²) in [5.74, 6) is 1.85. The highest BCUT2D eigenvalue weighted by atomic mass is 15.2. The van der Waals surface area contributed by atoms with Gasteiger partial charge in [-0.05, 0) is 33.9 Å². The highest BCUT2D eigenvalue weighted by molar-refractivity contribution is 5.38. The molecule has 0 spiro atoms. The molecule has 15 heavy (non-hydrogen) atoms. The Bertz CT molecular complexity index is 291. The molecule has 0 atom stereocenters. The molecule has 0 fully saturated rings. The summed E-state index contributed by atoms with van der Waals surface area (Å²) in [7, 11) is 4.04. The zero-order chi connectivity index (χ0) is 11.3. The molecule has 0 aliphatic carbocycles. The van der Waals surface area contributed by atoms with Crippen LogP contribution in [0.5, 0.6) is 0 Å². The summed E-state index contributed by atoms with van der Waals surface area (Å²) in [4.78, 5) is 10.8. The van der Waals surface area contributed by atoms with Crippen LogP contribution >= 0.6 is 0 Å². The molecule has 0 aliphatic heterocycles. The fourth-order valence-corrected chi connectivity index (χ4v) is 1.50. The van der Waals surface area contributed by atoms with Gasteiger partial charge in [0.25, 0.3) is 0 Å². The second kappa shape index (κ2) is 5.66. The van der Waals surface area contributed by atoms with E-state index in [4.69, 9.17) is 0 Å². The maximum Gasteiger partial charge on any atom is 0.132 e. The molecule has 0 saturated heterocycles. The molecule has 0 aliphatic rings. The lowest BCUT2D eigenvalue weighted by Gasteiger charge is -2.18. The molecule has 84 valence electrons. The molecule has 1 aromatic rings. The summed E-state index contributed by atoms with van der Waals surface area (Å²) in [6.45, 7) is 5.97. The van der Waals surface area contributed by atoms with Crippen LogP contribution < -0.4 is 10.2 Å². The maximum atomic E-state index is 4.41. The van der Waals surface area contributed by atoms with Crippen molar-refractivity contribution in [3.63, 3.8) is 0 Å². The lowest BCUT2D eigenvalue weighted by Crippen LogP contribution is -2.23. The average molecular weight is 208 g/mol. The second-order valence-corrected chi connectivity index (χ2v) is 3.79. The third-order valence-electron chi connectivity index (χ3n) is 2.26. The van der Waals surface area contributed by atoms with Crippen LogP contribution in [0, 0.1) is 13.8 Å². The number of anilines is 1. The summed E-state index contributed by atoms with van der Waals surface area (Å²) >= 11 is 0. The molecule has 0 amide bonds. The number of nitrogens with one attached hydrogen (secondary N) is 1.